The predicted molar refractivity (Wildman–Crippen MR) is 77.2 cm³/mol. The molecule has 0 bridgehead atoms. The van der Waals surface area contributed by atoms with Crippen LogP contribution in [0.1, 0.15) is 5.56 Å². The molecular formula is C11H14BrN5O2S. The number of nitrogens with one attached hydrogen (secondary N) is 1. The fourth-order valence-electron chi connectivity index (χ4n) is 1.61. The summed E-state index contributed by atoms with van der Waals surface area (Å²) in [6.45, 7) is 1.01. The van der Waals surface area contributed by atoms with Gasteiger partial charge in [0.15, 0.2) is 0 Å². The van der Waals surface area contributed by atoms with Crippen molar-refractivity contribution in [3.8, 4) is 0 Å². The minimum Gasteiger partial charge on any atom is -0.326 e. The van der Waals surface area contributed by atoms with Crippen LogP contribution < -0.4 is 10.5 Å². The van der Waals surface area contributed by atoms with Gasteiger partial charge in [-0.2, -0.15) is 0 Å². The van der Waals surface area contributed by atoms with Crippen molar-refractivity contribution in [2.45, 2.75) is 18.0 Å². The Bertz CT molecular complexity index is 672. The van der Waals surface area contributed by atoms with Crippen molar-refractivity contribution in [2.75, 3.05) is 6.54 Å². The molecule has 0 spiro atoms. The molecule has 2 rings (SSSR count). The Balaban J connectivity index is 2.06. The topological polar surface area (TPSA) is 103 Å². The van der Waals surface area contributed by atoms with Crippen LogP contribution in [-0.2, 0) is 23.1 Å². The fraction of sp³-hybridized carbons (Fsp3) is 0.273. The molecule has 0 unspecified atom stereocenters. The maximum atomic E-state index is 12.2. The van der Waals surface area contributed by atoms with Crippen LogP contribution >= 0.6 is 15.9 Å². The lowest BCUT2D eigenvalue weighted by molar-refractivity contribution is 0.552. The summed E-state index contributed by atoms with van der Waals surface area (Å²) in [6, 6.07) is 4.92. The molecule has 0 radical (unpaired) electrons. The maximum absolute atomic E-state index is 12.2. The van der Waals surface area contributed by atoms with Crippen LogP contribution in [0, 0.1) is 0 Å². The standard InChI is InChI=1S/C11H14BrN5O2S/c12-10-7-9(8-13)1-2-11(10)20(18,19)15-4-6-17-5-3-14-16-17/h1-3,5,7,15H,4,6,8,13H2. The number of benzene rings is 1. The molecule has 7 nitrogen and oxygen atoms in total. The maximum Gasteiger partial charge on any atom is 0.241 e. The molecule has 108 valence electrons. The molecule has 0 saturated carbocycles. The SMILES string of the molecule is NCc1ccc(S(=O)(=O)NCCn2ccnn2)c(Br)c1. The van der Waals surface area contributed by atoms with Crippen LogP contribution in [0.2, 0.25) is 0 Å². The summed E-state index contributed by atoms with van der Waals surface area (Å²) in [5.41, 5.74) is 6.37. The zero-order valence-electron chi connectivity index (χ0n) is 10.5. The van der Waals surface area contributed by atoms with E-state index in [1.807, 2.05) is 0 Å². The van der Waals surface area contributed by atoms with Crippen LogP contribution in [0.3, 0.4) is 0 Å². The zero-order chi connectivity index (χ0) is 14.6. The summed E-state index contributed by atoms with van der Waals surface area (Å²) in [5, 5.41) is 7.40. The van der Waals surface area contributed by atoms with Crippen molar-refractivity contribution in [1.29, 1.82) is 0 Å². The Morgan fingerprint density at radius 3 is 2.80 bits per heavy atom. The predicted octanol–water partition coefficient (Wildman–Crippen LogP) is 0.478. The van der Waals surface area contributed by atoms with Crippen molar-refractivity contribution in [1.82, 2.24) is 19.7 Å². The van der Waals surface area contributed by atoms with Gasteiger partial charge in [-0.1, -0.05) is 11.3 Å². The number of hydrogen-bond acceptors (Lipinski definition) is 5. The van der Waals surface area contributed by atoms with Crippen LogP contribution in [0.25, 0.3) is 0 Å². The van der Waals surface area contributed by atoms with Gasteiger partial charge in [0, 0.05) is 23.8 Å². The van der Waals surface area contributed by atoms with Gasteiger partial charge in [0.1, 0.15) is 0 Å². The molecule has 9 heteroatoms. The summed E-state index contributed by atoms with van der Waals surface area (Å²) < 4.78 is 28.9. The van der Waals surface area contributed by atoms with Gasteiger partial charge in [-0.25, -0.2) is 13.1 Å². The first-order valence-electron chi connectivity index (χ1n) is 5.85. The molecule has 1 heterocycles. The van der Waals surface area contributed by atoms with E-state index in [1.54, 1.807) is 23.0 Å². The number of rotatable bonds is 6. The molecule has 0 atom stereocenters. The van der Waals surface area contributed by atoms with Gasteiger partial charge >= 0.3 is 0 Å². The summed E-state index contributed by atoms with van der Waals surface area (Å²) >= 11 is 3.25. The van der Waals surface area contributed by atoms with Gasteiger partial charge in [0.05, 0.1) is 17.6 Å². The Morgan fingerprint density at radius 1 is 1.40 bits per heavy atom. The first kappa shape index (κ1) is 15.1. The summed E-state index contributed by atoms with van der Waals surface area (Å²) in [5.74, 6) is 0. The third-order valence-corrected chi connectivity index (χ3v) is 5.06. The second-order valence-corrected chi connectivity index (χ2v) is 6.62. The molecule has 0 aliphatic carbocycles. The third kappa shape index (κ3) is 3.63. The van der Waals surface area contributed by atoms with E-state index in [0.717, 1.165) is 5.56 Å². The highest BCUT2D eigenvalue weighted by Gasteiger charge is 2.17. The molecule has 3 N–H and O–H groups in total. The van der Waals surface area contributed by atoms with Crippen molar-refractivity contribution in [3.05, 3.63) is 40.6 Å². The van der Waals surface area contributed by atoms with E-state index < -0.39 is 10.0 Å². The summed E-state index contributed by atoms with van der Waals surface area (Å²) in [7, 11) is -3.57. The number of aromatic nitrogens is 3. The van der Waals surface area contributed by atoms with E-state index in [9.17, 15) is 8.42 Å². The van der Waals surface area contributed by atoms with Gasteiger partial charge in [0.2, 0.25) is 10.0 Å². The zero-order valence-corrected chi connectivity index (χ0v) is 12.9. The number of halogens is 1. The highest BCUT2D eigenvalue weighted by molar-refractivity contribution is 9.10. The molecule has 20 heavy (non-hydrogen) atoms. The largest absolute Gasteiger partial charge is 0.326 e. The molecule has 0 amide bonds. The molecule has 1 aromatic heterocycles. The molecule has 0 aliphatic heterocycles. The van der Waals surface area contributed by atoms with Crippen molar-refractivity contribution in [3.63, 3.8) is 0 Å². The van der Waals surface area contributed by atoms with Crippen LogP contribution in [0.15, 0.2) is 40.0 Å². The van der Waals surface area contributed by atoms with Crippen LogP contribution in [0.5, 0.6) is 0 Å². The molecule has 2 aromatic rings. The Hall–Kier alpha value is -1.29. The lowest BCUT2D eigenvalue weighted by Crippen LogP contribution is -2.28. The molecular weight excluding hydrogens is 346 g/mol. The van der Waals surface area contributed by atoms with E-state index in [0.29, 0.717) is 17.6 Å². The molecule has 0 saturated heterocycles. The van der Waals surface area contributed by atoms with Crippen molar-refractivity contribution >= 4 is 26.0 Å². The minimum atomic E-state index is -3.57. The highest BCUT2D eigenvalue weighted by Crippen LogP contribution is 2.22. The number of nitrogens with two attached hydrogens (primary N) is 1. The molecule has 0 fully saturated rings. The second kappa shape index (κ2) is 6.44. The van der Waals surface area contributed by atoms with Gasteiger partial charge in [-0.15, -0.1) is 5.10 Å². The second-order valence-electron chi connectivity index (χ2n) is 4.03. The van der Waals surface area contributed by atoms with Crippen LogP contribution in [0.4, 0.5) is 0 Å². The number of sulfonamides is 1. The first-order valence-corrected chi connectivity index (χ1v) is 8.13. The van der Waals surface area contributed by atoms with Gasteiger partial charge in [-0.3, -0.25) is 4.68 Å². The minimum absolute atomic E-state index is 0.188. The Labute approximate surface area is 125 Å². The highest BCUT2D eigenvalue weighted by atomic mass is 79.9. The van der Waals surface area contributed by atoms with E-state index >= 15 is 0 Å². The average Bonchev–Trinajstić information content (AvgIpc) is 2.91. The average molecular weight is 360 g/mol. The number of hydrogen-bond donors (Lipinski definition) is 2. The van der Waals surface area contributed by atoms with Gasteiger partial charge < -0.3 is 5.73 Å². The quantitative estimate of drug-likeness (QED) is 0.780. The molecule has 1 aromatic carbocycles. The smallest absolute Gasteiger partial charge is 0.241 e. The monoisotopic (exact) mass is 359 g/mol. The van der Waals surface area contributed by atoms with E-state index in [2.05, 4.69) is 31.0 Å². The lowest BCUT2D eigenvalue weighted by Gasteiger charge is -2.09. The summed E-state index contributed by atoms with van der Waals surface area (Å²) in [4.78, 5) is 0.188. The first-order chi connectivity index (χ1) is 9.53. The fourth-order valence-corrected chi connectivity index (χ4v) is 3.76. The van der Waals surface area contributed by atoms with E-state index in [1.165, 1.54) is 12.3 Å². The van der Waals surface area contributed by atoms with E-state index in [-0.39, 0.29) is 11.4 Å². The molecule has 0 aliphatic rings. The lowest BCUT2D eigenvalue weighted by atomic mass is 10.2. The Kier molecular flexibility index (Phi) is 4.86. The normalized spacial score (nSPS) is 11.7. The summed E-state index contributed by atoms with van der Waals surface area (Å²) in [6.07, 6.45) is 3.21. The third-order valence-electron chi connectivity index (χ3n) is 2.63. The van der Waals surface area contributed by atoms with Gasteiger partial charge in [-0.05, 0) is 33.6 Å². The van der Waals surface area contributed by atoms with Crippen LogP contribution in [-0.4, -0.2) is 30.0 Å². The van der Waals surface area contributed by atoms with Gasteiger partial charge in [0.25, 0.3) is 0 Å². The van der Waals surface area contributed by atoms with E-state index in [4.69, 9.17) is 5.73 Å². The van der Waals surface area contributed by atoms with Crippen molar-refractivity contribution < 1.29 is 8.42 Å². The Morgan fingerprint density at radius 2 is 2.20 bits per heavy atom. The number of nitrogens with zero attached hydrogens (tertiary/aromatic N) is 3. The van der Waals surface area contributed by atoms with Crippen molar-refractivity contribution in [2.24, 2.45) is 5.73 Å².